The van der Waals surface area contributed by atoms with E-state index in [2.05, 4.69) is 20.5 Å². The lowest BCUT2D eigenvalue weighted by Crippen LogP contribution is -2.40. The average molecular weight is 405 g/mol. The number of hydrogen-bond donors (Lipinski definition) is 5. The number of aliphatic hydroxyl groups excluding tert-OH is 2. The van der Waals surface area contributed by atoms with Crippen LogP contribution in [-0.2, 0) is 5.60 Å². The van der Waals surface area contributed by atoms with Crippen molar-refractivity contribution in [3.05, 3.63) is 47.4 Å². The summed E-state index contributed by atoms with van der Waals surface area (Å²) in [6.45, 7) is 1.62. The van der Waals surface area contributed by atoms with Crippen molar-refractivity contribution in [3.63, 3.8) is 0 Å². The molecule has 2 aromatic heterocycles. The number of hydrazine groups is 1. The van der Waals surface area contributed by atoms with Gasteiger partial charge in [-0.15, -0.1) is 0 Å². The van der Waals surface area contributed by atoms with Crippen LogP contribution in [0.3, 0.4) is 0 Å². The number of fused-ring (bicyclic) bond motifs is 1. The van der Waals surface area contributed by atoms with Crippen molar-refractivity contribution in [1.82, 2.24) is 19.7 Å². The number of anilines is 1. The largest absolute Gasteiger partial charge is 0.390 e. The third-order valence-electron chi connectivity index (χ3n) is 5.64. The van der Waals surface area contributed by atoms with E-state index in [4.69, 9.17) is 17.4 Å². The first-order valence-corrected chi connectivity index (χ1v) is 9.21. The van der Waals surface area contributed by atoms with Crippen molar-refractivity contribution in [2.45, 2.75) is 37.2 Å². The van der Waals surface area contributed by atoms with Gasteiger partial charge in [0.2, 0.25) is 0 Å². The highest BCUT2D eigenvalue weighted by Crippen LogP contribution is 2.45. The molecule has 1 fully saturated rings. The molecule has 0 spiro atoms. The summed E-state index contributed by atoms with van der Waals surface area (Å²) >= 11 is 5.94. The van der Waals surface area contributed by atoms with Gasteiger partial charge in [-0.25, -0.2) is 20.5 Å². The first-order chi connectivity index (χ1) is 13.3. The van der Waals surface area contributed by atoms with E-state index in [9.17, 15) is 15.3 Å². The van der Waals surface area contributed by atoms with E-state index in [1.165, 1.54) is 6.33 Å². The highest BCUT2D eigenvalue weighted by Gasteiger charge is 2.51. The van der Waals surface area contributed by atoms with Crippen molar-refractivity contribution in [1.29, 1.82) is 0 Å². The Labute approximate surface area is 165 Å². The minimum Gasteiger partial charge on any atom is -0.390 e. The number of nitrogens with two attached hydrogens (primary N) is 1. The van der Waals surface area contributed by atoms with Gasteiger partial charge in [-0.1, -0.05) is 23.7 Å². The fourth-order valence-corrected chi connectivity index (χ4v) is 4.16. The number of nitrogens with zero attached hydrogens (tertiary/aromatic N) is 4. The van der Waals surface area contributed by atoms with Gasteiger partial charge in [-0.05, 0) is 31.0 Å². The number of rotatable bonds is 4. The second-order valence-electron chi connectivity index (χ2n) is 7.24. The molecule has 1 aliphatic carbocycles. The summed E-state index contributed by atoms with van der Waals surface area (Å²) in [5.74, 6) is 5.26. The molecule has 0 radical (unpaired) electrons. The zero-order chi connectivity index (χ0) is 20.1. The van der Waals surface area contributed by atoms with Crippen LogP contribution < -0.4 is 11.3 Å². The predicted molar refractivity (Wildman–Crippen MR) is 103 cm³/mol. The Morgan fingerprint density at radius 2 is 1.93 bits per heavy atom. The molecule has 0 amide bonds. The van der Waals surface area contributed by atoms with Crippen LogP contribution in [0.1, 0.15) is 24.9 Å². The minimum absolute atomic E-state index is 0.296. The fourth-order valence-electron chi connectivity index (χ4n) is 4.03. The van der Waals surface area contributed by atoms with Crippen molar-refractivity contribution in [2.75, 3.05) is 5.43 Å². The molecule has 1 aliphatic rings. The van der Waals surface area contributed by atoms with Crippen molar-refractivity contribution in [2.24, 2.45) is 11.8 Å². The molecule has 148 valence electrons. The quantitative estimate of drug-likeness (QED) is 0.319. The Kier molecular flexibility index (Phi) is 4.72. The van der Waals surface area contributed by atoms with Crippen LogP contribution in [0, 0.1) is 5.92 Å². The Balaban J connectivity index is 1.69. The summed E-state index contributed by atoms with van der Waals surface area (Å²) in [5.41, 5.74) is 2.20. The average Bonchev–Trinajstić information content (AvgIpc) is 3.24. The van der Waals surface area contributed by atoms with Gasteiger partial charge in [0.05, 0.1) is 29.3 Å². The molecule has 1 saturated carbocycles. The van der Waals surface area contributed by atoms with Crippen LogP contribution in [0.15, 0.2) is 36.8 Å². The SMILES string of the molecule is C[C@@](O)(c1ccc(Cl)cc1)[C@H]1C[C@@H](n2ncc3c(NN)ncnc32)[C@H](O)[C@@H]1O. The van der Waals surface area contributed by atoms with E-state index in [0.29, 0.717) is 33.9 Å². The van der Waals surface area contributed by atoms with Crippen LogP contribution in [0.2, 0.25) is 5.02 Å². The molecule has 9 nitrogen and oxygen atoms in total. The summed E-state index contributed by atoms with van der Waals surface area (Å²) in [7, 11) is 0. The van der Waals surface area contributed by atoms with Gasteiger partial charge in [0.1, 0.15) is 12.4 Å². The highest BCUT2D eigenvalue weighted by atomic mass is 35.5. The molecule has 10 heteroatoms. The van der Waals surface area contributed by atoms with Crippen LogP contribution in [0.25, 0.3) is 11.0 Å². The predicted octanol–water partition coefficient (Wildman–Crippen LogP) is 0.956. The molecular weight excluding hydrogens is 384 g/mol. The molecule has 28 heavy (non-hydrogen) atoms. The van der Waals surface area contributed by atoms with Gasteiger partial charge in [0.25, 0.3) is 0 Å². The fraction of sp³-hybridized carbons (Fsp3) is 0.389. The van der Waals surface area contributed by atoms with Gasteiger partial charge >= 0.3 is 0 Å². The second kappa shape index (κ2) is 6.94. The number of halogens is 1. The molecule has 2 heterocycles. The molecule has 4 rings (SSSR count). The smallest absolute Gasteiger partial charge is 0.163 e. The molecule has 5 atom stereocenters. The maximum atomic E-state index is 11.2. The monoisotopic (exact) mass is 404 g/mol. The molecule has 0 unspecified atom stereocenters. The van der Waals surface area contributed by atoms with Crippen molar-refractivity contribution in [3.8, 4) is 0 Å². The molecule has 0 aliphatic heterocycles. The molecule has 0 bridgehead atoms. The normalized spacial score (nSPS) is 27.1. The first-order valence-electron chi connectivity index (χ1n) is 8.84. The van der Waals surface area contributed by atoms with E-state index >= 15 is 0 Å². The van der Waals surface area contributed by atoms with Crippen molar-refractivity contribution >= 4 is 28.5 Å². The van der Waals surface area contributed by atoms with Gasteiger partial charge in [-0.3, -0.25) is 0 Å². The Hall–Kier alpha value is -2.30. The summed E-state index contributed by atoms with van der Waals surface area (Å²) in [6.07, 6.45) is 0.910. The third kappa shape index (κ3) is 2.92. The molecular formula is C18H21ClN6O3. The number of benzene rings is 1. The van der Waals surface area contributed by atoms with Gasteiger partial charge in [0.15, 0.2) is 11.5 Å². The summed E-state index contributed by atoms with van der Waals surface area (Å²) in [6, 6.07) is 6.21. The molecule has 3 aromatic rings. The lowest BCUT2D eigenvalue weighted by molar-refractivity contribution is -0.0753. The topological polar surface area (TPSA) is 142 Å². The van der Waals surface area contributed by atoms with Crippen molar-refractivity contribution < 1.29 is 15.3 Å². The lowest BCUT2D eigenvalue weighted by atomic mass is 9.80. The lowest BCUT2D eigenvalue weighted by Gasteiger charge is -2.33. The standard InChI is InChI=1S/C18H21ClN6O3/c1-18(28,9-2-4-10(19)5-3-9)12-6-13(15(27)14(12)26)25-17-11(7-23-25)16(24-20)21-8-22-17/h2-5,7-8,12-15,26-28H,6,20H2,1H3,(H,21,22,24)/t12-,13+,14+,15-,18+/m0/s1. The Morgan fingerprint density at radius 3 is 2.61 bits per heavy atom. The summed E-state index contributed by atoms with van der Waals surface area (Å²) in [4.78, 5) is 8.27. The van der Waals surface area contributed by atoms with E-state index in [-0.39, 0.29) is 0 Å². The molecule has 1 aromatic carbocycles. The van der Waals surface area contributed by atoms with Crippen LogP contribution in [0.4, 0.5) is 5.82 Å². The number of hydrogen-bond acceptors (Lipinski definition) is 8. The Bertz CT molecular complexity index is 993. The maximum absolute atomic E-state index is 11.2. The van der Waals surface area contributed by atoms with Gasteiger partial charge < -0.3 is 20.7 Å². The summed E-state index contributed by atoms with van der Waals surface area (Å²) in [5, 5.41) is 38.1. The van der Waals surface area contributed by atoms with Gasteiger partial charge in [0, 0.05) is 10.9 Å². The molecule has 6 N–H and O–H groups in total. The Morgan fingerprint density at radius 1 is 1.21 bits per heavy atom. The van der Waals surface area contributed by atoms with Crippen LogP contribution >= 0.6 is 11.6 Å². The third-order valence-corrected chi connectivity index (χ3v) is 5.90. The zero-order valence-electron chi connectivity index (χ0n) is 15.1. The highest BCUT2D eigenvalue weighted by molar-refractivity contribution is 6.30. The minimum atomic E-state index is -1.37. The molecule has 0 saturated heterocycles. The van der Waals surface area contributed by atoms with E-state index < -0.39 is 29.8 Å². The van der Waals surface area contributed by atoms with Gasteiger partial charge in [-0.2, -0.15) is 5.10 Å². The van der Waals surface area contributed by atoms with E-state index in [0.717, 1.165) is 0 Å². The zero-order valence-corrected chi connectivity index (χ0v) is 15.8. The van der Waals surface area contributed by atoms with E-state index in [1.807, 2.05) is 0 Å². The van der Waals surface area contributed by atoms with E-state index in [1.54, 1.807) is 42.1 Å². The maximum Gasteiger partial charge on any atom is 0.163 e. The number of nitrogen functional groups attached to an aromatic ring is 1. The second-order valence-corrected chi connectivity index (χ2v) is 7.67. The number of aliphatic hydroxyl groups is 3. The first kappa shape index (κ1) is 19.0. The number of aromatic nitrogens is 4. The van der Waals surface area contributed by atoms with Crippen LogP contribution in [0.5, 0.6) is 0 Å². The summed E-state index contributed by atoms with van der Waals surface area (Å²) < 4.78 is 1.55. The van der Waals surface area contributed by atoms with Crippen LogP contribution in [-0.4, -0.2) is 47.3 Å². The number of nitrogens with one attached hydrogen (secondary N) is 1.